The van der Waals surface area contributed by atoms with Crippen LogP contribution in [0.15, 0.2) is 66.7 Å². The Labute approximate surface area is 424 Å². The van der Waals surface area contributed by atoms with E-state index in [4.69, 9.17) is 15.2 Å². The number of piperidine rings is 2. The Morgan fingerprint density at radius 1 is 0.959 bits per heavy atom. The van der Waals surface area contributed by atoms with Gasteiger partial charge in [0.25, 0.3) is 0 Å². The minimum absolute atomic E-state index is 0.0137. The number of urea groups is 1. The number of likely N-dealkylation sites (tertiary alicyclic amines) is 2. The average Bonchev–Trinajstić information content (AvgIpc) is 3.88. The molecule has 0 spiro atoms. The molecule has 1 aromatic heterocycles. The van der Waals surface area contributed by atoms with Crippen molar-refractivity contribution in [2.45, 2.75) is 95.1 Å². The number of carbonyl (C=O) groups excluding carboxylic acids is 4. The zero-order chi connectivity index (χ0) is 51.1. The maximum Gasteiger partial charge on any atom is 0.329 e. The zero-order valence-corrected chi connectivity index (χ0v) is 41.9. The number of aryl methyl sites for hydroxylation is 1. The van der Waals surface area contributed by atoms with Gasteiger partial charge in [0.1, 0.15) is 18.2 Å². The van der Waals surface area contributed by atoms with E-state index in [2.05, 4.69) is 43.7 Å². The lowest BCUT2D eigenvalue weighted by Crippen LogP contribution is -2.50. The van der Waals surface area contributed by atoms with Crippen LogP contribution in [0.3, 0.4) is 0 Å². The summed E-state index contributed by atoms with van der Waals surface area (Å²) in [5.41, 5.74) is 8.37. The number of nitrogens with two attached hydrogens (primary N) is 1. The molecule has 4 aliphatic heterocycles. The molecule has 4 fully saturated rings. The average molecular weight is 1000 g/mol. The Morgan fingerprint density at radius 3 is 2.45 bits per heavy atom. The maximum atomic E-state index is 16.6. The van der Waals surface area contributed by atoms with E-state index >= 15 is 8.78 Å². The number of aliphatic hydroxyl groups is 1. The second-order valence-corrected chi connectivity index (χ2v) is 20.8. The number of aromatic nitrogens is 2. The summed E-state index contributed by atoms with van der Waals surface area (Å²) in [6.07, 6.45) is 7.59. The van der Waals surface area contributed by atoms with E-state index in [1.165, 1.54) is 23.8 Å². The number of carbonyl (C=O) groups is 4. The van der Waals surface area contributed by atoms with E-state index in [0.717, 1.165) is 94.1 Å². The van der Waals surface area contributed by atoms with Gasteiger partial charge in [-0.05, 0) is 123 Å². The molecule has 1 saturated carbocycles. The standard InChI is InChI=1S/C56H66F2N8O7/c1-33-43(57)30-46-49(48(33)50-42(52(59)69)14-15-45(51(50)58)72-27-26-67)34(2)56(73-46,39-9-5-4-6-10-39)32-60-40-11-7-8-38(28-40)54(70)65-23-16-35(17-24-65)31-64-21-18-36(19-22-64)37-12-13-41-44(29-37)63(3)62-53(41)66-25-20-47(68)61-55(66)71/h4-6,9-10,12-15,29-30,34-36,38,40,60,67H,7-8,11,16-28,31-32H2,1-3H3,(H2,59,69)(H,61,68,71)/t34?,38-,40+,56?/m0/s1. The van der Waals surface area contributed by atoms with Crippen molar-refractivity contribution in [2.75, 3.05) is 63.9 Å². The van der Waals surface area contributed by atoms with Crippen LogP contribution in [0.2, 0.25) is 0 Å². The third kappa shape index (κ3) is 9.67. The first-order chi connectivity index (χ1) is 35.2. The van der Waals surface area contributed by atoms with Gasteiger partial charge in [0.2, 0.25) is 17.7 Å². The Kier molecular flexibility index (Phi) is 14.3. The van der Waals surface area contributed by atoms with Crippen LogP contribution in [-0.4, -0.2) is 114 Å². The van der Waals surface area contributed by atoms with Crippen molar-refractivity contribution in [3.63, 3.8) is 0 Å². The summed E-state index contributed by atoms with van der Waals surface area (Å²) in [6.45, 7) is 8.17. The molecule has 5 aliphatic rings. The quantitative estimate of drug-likeness (QED) is 0.0875. The first kappa shape index (κ1) is 50.1. The number of nitrogens with one attached hydrogen (secondary N) is 2. The Hall–Kier alpha value is -6.43. The van der Waals surface area contributed by atoms with Gasteiger partial charge in [0.15, 0.2) is 23.0 Å². The van der Waals surface area contributed by atoms with Gasteiger partial charge in [0.05, 0.1) is 17.7 Å². The van der Waals surface area contributed by atoms with E-state index in [0.29, 0.717) is 42.7 Å². The van der Waals surface area contributed by atoms with Crippen LogP contribution in [0.1, 0.15) is 109 Å². The number of primary amides is 1. The second-order valence-electron chi connectivity index (χ2n) is 20.8. The smallest absolute Gasteiger partial charge is 0.329 e. The molecule has 0 radical (unpaired) electrons. The molecular formula is C56H66F2N8O7. The fourth-order valence-corrected chi connectivity index (χ4v) is 12.5. The van der Waals surface area contributed by atoms with Gasteiger partial charge < -0.3 is 35.4 Å². The zero-order valence-electron chi connectivity index (χ0n) is 41.9. The summed E-state index contributed by atoms with van der Waals surface area (Å²) in [7, 11) is 1.89. The van der Waals surface area contributed by atoms with Crippen molar-refractivity contribution >= 4 is 40.5 Å². The van der Waals surface area contributed by atoms with Crippen LogP contribution in [0.5, 0.6) is 11.5 Å². The number of amides is 5. The van der Waals surface area contributed by atoms with E-state index in [9.17, 15) is 24.3 Å². The topological polar surface area (TPSA) is 185 Å². The molecule has 73 heavy (non-hydrogen) atoms. The van der Waals surface area contributed by atoms with Crippen LogP contribution in [0, 0.1) is 30.4 Å². The number of fused-ring (bicyclic) bond motifs is 2. The molecule has 5 heterocycles. The van der Waals surface area contributed by atoms with Crippen LogP contribution < -0.4 is 30.7 Å². The molecule has 1 aliphatic carbocycles. The first-order valence-electron chi connectivity index (χ1n) is 26.0. The molecule has 10 rings (SSSR count). The highest BCUT2D eigenvalue weighted by atomic mass is 19.1. The Balaban J connectivity index is 0.759. The molecule has 5 aromatic rings. The number of nitrogens with zero attached hydrogens (tertiary/aromatic N) is 5. The van der Waals surface area contributed by atoms with E-state index in [-0.39, 0.29) is 77.2 Å². The van der Waals surface area contributed by atoms with Crippen LogP contribution in [0.25, 0.3) is 22.0 Å². The molecule has 386 valence electrons. The third-order valence-corrected chi connectivity index (χ3v) is 16.5. The molecule has 0 bridgehead atoms. The molecule has 4 aromatic carbocycles. The summed E-state index contributed by atoms with van der Waals surface area (Å²) < 4.78 is 46.9. The van der Waals surface area contributed by atoms with Gasteiger partial charge in [-0.2, -0.15) is 5.10 Å². The minimum atomic E-state index is -1.07. The minimum Gasteiger partial charge on any atom is -0.488 e. The molecule has 5 N–H and O–H groups in total. The lowest BCUT2D eigenvalue weighted by Gasteiger charge is -2.40. The van der Waals surface area contributed by atoms with E-state index in [1.54, 1.807) is 11.8 Å². The van der Waals surface area contributed by atoms with Crippen molar-refractivity contribution in [1.82, 2.24) is 30.2 Å². The second kappa shape index (κ2) is 20.8. The first-order valence-corrected chi connectivity index (χ1v) is 26.0. The highest BCUT2D eigenvalue weighted by molar-refractivity contribution is 6.09. The summed E-state index contributed by atoms with van der Waals surface area (Å²) in [5.74, 6) is -1.48. The van der Waals surface area contributed by atoms with Gasteiger partial charge >= 0.3 is 6.03 Å². The van der Waals surface area contributed by atoms with Crippen LogP contribution in [0.4, 0.5) is 19.4 Å². The number of hydrogen-bond donors (Lipinski definition) is 4. The Bertz CT molecular complexity index is 2920. The van der Waals surface area contributed by atoms with Crippen molar-refractivity contribution in [3.05, 3.63) is 106 Å². The maximum absolute atomic E-state index is 16.6. The fraction of sp³-hybridized carbons (Fsp3) is 0.482. The van der Waals surface area contributed by atoms with Gasteiger partial charge in [-0.15, -0.1) is 0 Å². The summed E-state index contributed by atoms with van der Waals surface area (Å²) in [5, 5.41) is 21.2. The van der Waals surface area contributed by atoms with E-state index in [1.807, 2.05) is 49.0 Å². The highest BCUT2D eigenvalue weighted by Gasteiger charge is 2.50. The van der Waals surface area contributed by atoms with Crippen molar-refractivity contribution in [2.24, 2.45) is 24.6 Å². The summed E-state index contributed by atoms with van der Waals surface area (Å²) in [4.78, 5) is 57.6. The van der Waals surface area contributed by atoms with Gasteiger partial charge in [-0.1, -0.05) is 49.7 Å². The summed E-state index contributed by atoms with van der Waals surface area (Å²) in [6, 6.07) is 19.7. The number of halogens is 2. The van der Waals surface area contributed by atoms with Gasteiger partial charge in [-0.25, -0.2) is 13.6 Å². The Morgan fingerprint density at radius 2 is 1.73 bits per heavy atom. The molecule has 3 saturated heterocycles. The molecular weight excluding hydrogens is 935 g/mol. The van der Waals surface area contributed by atoms with Crippen molar-refractivity contribution in [3.8, 4) is 22.6 Å². The molecule has 15 nitrogen and oxygen atoms in total. The number of ether oxygens (including phenoxy) is 2. The lowest BCUT2D eigenvalue weighted by molar-refractivity contribution is -0.138. The molecule has 17 heteroatoms. The number of imide groups is 1. The molecule has 5 amide bonds. The fourth-order valence-electron chi connectivity index (χ4n) is 12.5. The number of rotatable bonds is 14. The lowest BCUT2D eigenvalue weighted by atomic mass is 9.76. The van der Waals surface area contributed by atoms with Crippen molar-refractivity contribution < 1.29 is 42.5 Å². The van der Waals surface area contributed by atoms with Gasteiger partial charge in [-0.3, -0.25) is 29.3 Å². The van der Waals surface area contributed by atoms with Crippen LogP contribution in [-0.2, 0) is 22.2 Å². The van der Waals surface area contributed by atoms with Gasteiger partial charge in [0, 0.05) is 86.6 Å². The highest BCUT2D eigenvalue weighted by Crippen LogP contribution is 2.56. The number of aliphatic hydroxyl groups excluding tert-OH is 1. The summed E-state index contributed by atoms with van der Waals surface area (Å²) >= 11 is 0. The third-order valence-electron chi connectivity index (χ3n) is 16.5. The largest absolute Gasteiger partial charge is 0.488 e. The molecule has 4 atom stereocenters. The predicted molar refractivity (Wildman–Crippen MR) is 272 cm³/mol. The monoisotopic (exact) mass is 1000 g/mol. The predicted octanol–water partition coefficient (Wildman–Crippen LogP) is 7.40. The number of anilines is 1. The number of hydrogen-bond acceptors (Lipinski definition) is 10. The van der Waals surface area contributed by atoms with E-state index < -0.39 is 35.1 Å². The van der Waals surface area contributed by atoms with Crippen molar-refractivity contribution in [1.29, 1.82) is 0 Å². The molecule has 2 unspecified atom stereocenters. The normalized spacial score (nSPS) is 23.1. The van der Waals surface area contributed by atoms with Crippen LogP contribution >= 0.6 is 0 Å². The number of benzene rings is 4. The SMILES string of the molecule is Cc1c(F)cc2c(c1-c1c(C(N)=O)ccc(OCCO)c1F)C(C)C(CN[C@@H]1CCC[C@H](C(=O)N3CCC(CN4CCC(c5ccc6c(N7CCC(=O)NC7=O)nn(C)c6c5)CC4)CC3)C1)(c1ccccc1)O2.